The molecular formula is C16H24N4S. The molecular weight excluding hydrogens is 280 g/mol. The first-order valence-electron chi connectivity index (χ1n) is 7.53. The molecule has 0 aliphatic carbocycles. The highest BCUT2D eigenvalue weighted by molar-refractivity contribution is 7.12. The van der Waals surface area contributed by atoms with Crippen molar-refractivity contribution in [3.05, 3.63) is 33.3 Å². The SMILES string of the molecule is CCCNc1ncnc(NCc2cc(C)c(C)s2)c1CC. The van der Waals surface area contributed by atoms with E-state index in [9.17, 15) is 0 Å². The summed E-state index contributed by atoms with van der Waals surface area (Å²) in [6.45, 7) is 10.4. The Balaban J connectivity index is 2.11. The van der Waals surface area contributed by atoms with Gasteiger partial charge in [0.2, 0.25) is 0 Å². The summed E-state index contributed by atoms with van der Waals surface area (Å²) in [5.74, 6) is 1.89. The minimum atomic E-state index is 0.816. The van der Waals surface area contributed by atoms with Gasteiger partial charge in [0, 0.05) is 21.9 Å². The molecule has 2 aromatic rings. The summed E-state index contributed by atoms with van der Waals surface area (Å²) < 4.78 is 0. The Hall–Kier alpha value is -1.62. The minimum Gasteiger partial charge on any atom is -0.370 e. The van der Waals surface area contributed by atoms with Crippen LogP contribution in [0.5, 0.6) is 0 Å². The predicted molar refractivity (Wildman–Crippen MR) is 91.3 cm³/mol. The van der Waals surface area contributed by atoms with Gasteiger partial charge in [0.05, 0.1) is 6.54 Å². The molecule has 0 atom stereocenters. The second-order valence-electron chi connectivity index (χ2n) is 5.14. The smallest absolute Gasteiger partial charge is 0.135 e. The molecule has 0 saturated carbocycles. The van der Waals surface area contributed by atoms with Crippen LogP contribution in [-0.2, 0) is 13.0 Å². The van der Waals surface area contributed by atoms with Crippen molar-refractivity contribution in [1.82, 2.24) is 9.97 Å². The van der Waals surface area contributed by atoms with Gasteiger partial charge in [-0.05, 0) is 38.3 Å². The van der Waals surface area contributed by atoms with Crippen LogP contribution in [0.25, 0.3) is 0 Å². The quantitative estimate of drug-likeness (QED) is 0.806. The Morgan fingerprint density at radius 3 is 2.38 bits per heavy atom. The lowest BCUT2D eigenvalue weighted by molar-refractivity contribution is 0.945. The van der Waals surface area contributed by atoms with Crippen LogP contribution < -0.4 is 10.6 Å². The lowest BCUT2D eigenvalue weighted by atomic mass is 10.2. The van der Waals surface area contributed by atoms with Gasteiger partial charge in [-0.1, -0.05) is 13.8 Å². The number of hydrogen-bond donors (Lipinski definition) is 2. The predicted octanol–water partition coefficient (Wildman–Crippen LogP) is 4.15. The standard InChI is InChI=1S/C16H24N4S/c1-5-7-17-15-14(6-2)16(20-10-19-15)18-9-13-8-11(3)12(4)21-13/h8,10H,5-7,9H2,1-4H3,(H2,17,18,19,20). The molecule has 0 bridgehead atoms. The number of rotatable bonds is 7. The molecule has 0 aliphatic heterocycles. The maximum Gasteiger partial charge on any atom is 0.135 e. The van der Waals surface area contributed by atoms with Crippen LogP contribution >= 0.6 is 11.3 Å². The van der Waals surface area contributed by atoms with E-state index in [0.717, 1.165) is 43.1 Å². The maximum atomic E-state index is 4.40. The third kappa shape index (κ3) is 3.94. The number of nitrogens with zero attached hydrogens (tertiary/aromatic N) is 2. The van der Waals surface area contributed by atoms with Gasteiger partial charge in [0.15, 0.2) is 0 Å². The maximum absolute atomic E-state index is 4.40. The number of aromatic nitrogens is 2. The van der Waals surface area contributed by atoms with Crippen molar-refractivity contribution >= 4 is 23.0 Å². The van der Waals surface area contributed by atoms with Crippen molar-refractivity contribution in [2.75, 3.05) is 17.2 Å². The van der Waals surface area contributed by atoms with E-state index in [1.165, 1.54) is 15.3 Å². The summed E-state index contributed by atoms with van der Waals surface area (Å²) in [4.78, 5) is 11.5. The second-order valence-corrected chi connectivity index (χ2v) is 6.48. The monoisotopic (exact) mass is 304 g/mol. The Kier molecular flexibility index (Phi) is 5.56. The van der Waals surface area contributed by atoms with Gasteiger partial charge >= 0.3 is 0 Å². The molecule has 4 nitrogen and oxygen atoms in total. The van der Waals surface area contributed by atoms with Crippen molar-refractivity contribution in [2.24, 2.45) is 0 Å². The third-order valence-corrected chi connectivity index (χ3v) is 4.64. The Labute approximate surface area is 131 Å². The van der Waals surface area contributed by atoms with E-state index in [-0.39, 0.29) is 0 Å². The summed E-state index contributed by atoms with van der Waals surface area (Å²) in [7, 11) is 0. The largest absolute Gasteiger partial charge is 0.370 e. The average molecular weight is 304 g/mol. The van der Waals surface area contributed by atoms with E-state index >= 15 is 0 Å². The minimum absolute atomic E-state index is 0.816. The summed E-state index contributed by atoms with van der Waals surface area (Å²) in [5, 5.41) is 6.83. The number of thiophene rings is 1. The Morgan fingerprint density at radius 2 is 1.81 bits per heavy atom. The molecule has 2 rings (SSSR count). The summed E-state index contributed by atoms with van der Waals surface area (Å²) in [6.07, 6.45) is 3.63. The van der Waals surface area contributed by atoms with E-state index in [2.05, 4.69) is 54.4 Å². The van der Waals surface area contributed by atoms with Crippen LogP contribution in [0.3, 0.4) is 0 Å². The molecule has 0 aromatic carbocycles. The van der Waals surface area contributed by atoms with E-state index in [0.29, 0.717) is 0 Å². The Bertz CT molecular complexity index is 572. The first-order chi connectivity index (χ1) is 10.2. The highest BCUT2D eigenvalue weighted by atomic mass is 32.1. The van der Waals surface area contributed by atoms with Crippen molar-refractivity contribution < 1.29 is 0 Å². The molecule has 0 aliphatic rings. The molecule has 2 aromatic heterocycles. The van der Waals surface area contributed by atoms with E-state index in [4.69, 9.17) is 0 Å². The fourth-order valence-corrected chi connectivity index (χ4v) is 3.20. The average Bonchev–Trinajstić information content (AvgIpc) is 2.81. The summed E-state index contributed by atoms with van der Waals surface area (Å²) in [5.41, 5.74) is 2.52. The molecule has 0 radical (unpaired) electrons. The summed E-state index contributed by atoms with van der Waals surface area (Å²) >= 11 is 1.84. The van der Waals surface area contributed by atoms with Crippen LogP contribution in [0.15, 0.2) is 12.4 Å². The van der Waals surface area contributed by atoms with Crippen molar-refractivity contribution in [3.63, 3.8) is 0 Å². The second kappa shape index (κ2) is 7.41. The molecule has 114 valence electrons. The van der Waals surface area contributed by atoms with Gasteiger partial charge in [-0.3, -0.25) is 0 Å². The van der Waals surface area contributed by atoms with Crippen molar-refractivity contribution in [2.45, 2.75) is 47.1 Å². The fraction of sp³-hybridized carbons (Fsp3) is 0.500. The first-order valence-corrected chi connectivity index (χ1v) is 8.34. The van der Waals surface area contributed by atoms with Gasteiger partial charge in [-0.2, -0.15) is 0 Å². The Morgan fingerprint density at radius 1 is 1.10 bits per heavy atom. The van der Waals surface area contributed by atoms with Gasteiger partial charge in [-0.15, -0.1) is 11.3 Å². The molecule has 21 heavy (non-hydrogen) atoms. The fourth-order valence-electron chi connectivity index (χ4n) is 2.20. The molecule has 0 fully saturated rings. The topological polar surface area (TPSA) is 49.8 Å². The van der Waals surface area contributed by atoms with Gasteiger partial charge in [0.25, 0.3) is 0 Å². The lowest BCUT2D eigenvalue weighted by Crippen LogP contribution is -2.10. The van der Waals surface area contributed by atoms with Gasteiger partial charge in [0.1, 0.15) is 18.0 Å². The molecule has 0 unspecified atom stereocenters. The van der Waals surface area contributed by atoms with Crippen LogP contribution in [0.1, 0.15) is 41.1 Å². The first kappa shape index (κ1) is 15.8. The van der Waals surface area contributed by atoms with Crippen LogP contribution in [0.2, 0.25) is 0 Å². The molecule has 2 N–H and O–H groups in total. The normalized spacial score (nSPS) is 10.7. The van der Waals surface area contributed by atoms with Crippen molar-refractivity contribution in [1.29, 1.82) is 0 Å². The number of aryl methyl sites for hydroxylation is 2. The van der Waals surface area contributed by atoms with Crippen LogP contribution in [-0.4, -0.2) is 16.5 Å². The molecule has 5 heteroatoms. The molecule has 2 heterocycles. The zero-order chi connectivity index (χ0) is 15.2. The van der Waals surface area contributed by atoms with Gasteiger partial charge < -0.3 is 10.6 Å². The molecule has 0 spiro atoms. The number of anilines is 2. The number of hydrogen-bond acceptors (Lipinski definition) is 5. The molecule has 0 amide bonds. The highest BCUT2D eigenvalue weighted by Crippen LogP contribution is 2.24. The van der Waals surface area contributed by atoms with Crippen molar-refractivity contribution in [3.8, 4) is 0 Å². The summed E-state index contributed by atoms with van der Waals surface area (Å²) in [6, 6.07) is 2.25. The zero-order valence-corrected chi connectivity index (χ0v) is 14.1. The van der Waals surface area contributed by atoms with E-state index in [1.807, 2.05) is 11.3 Å². The van der Waals surface area contributed by atoms with Crippen LogP contribution in [0, 0.1) is 13.8 Å². The zero-order valence-electron chi connectivity index (χ0n) is 13.3. The third-order valence-electron chi connectivity index (χ3n) is 3.49. The number of nitrogens with one attached hydrogen (secondary N) is 2. The van der Waals surface area contributed by atoms with E-state index in [1.54, 1.807) is 6.33 Å². The van der Waals surface area contributed by atoms with Crippen LogP contribution in [0.4, 0.5) is 11.6 Å². The highest BCUT2D eigenvalue weighted by Gasteiger charge is 2.10. The van der Waals surface area contributed by atoms with Gasteiger partial charge in [-0.25, -0.2) is 9.97 Å². The lowest BCUT2D eigenvalue weighted by Gasteiger charge is -2.13. The van der Waals surface area contributed by atoms with E-state index < -0.39 is 0 Å². The molecule has 0 saturated heterocycles.